The zero-order valence-electron chi connectivity index (χ0n) is 15.6. The van der Waals surface area contributed by atoms with Gasteiger partial charge in [0.1, 0.15) is 11.9 Å². The summed E-state index contributed by atoms with van der Waals surface area (Å²) in [6.07, 6.45) is 1.01. The highest BCUT2D eigenvalue weighted by Gasteiger charge is 2.28. The molecular weight excluding hydrogens is 423 g/mol. The largest absolute Gasteiger partial charge is 0.353 e. The number of hydrogen-bond acceptors (Lipinski definition) is 4. The molecule has 9 heteroatoms. The maximum atomic E-state index is 13.1. The molecule has 2 aromatic rings. The normalized spacial score (nSPS) is 12.4. The summed E-state index contributed by atoms with van der Waals surface area (Å²) in [5, 5.41) is 3.43. The van der Waals surface area contributed by atoms with E-state index in [-0.39, 0.29) is 5.69 Å². The van der Waals surface area contributed by atoms with Crippen molar-refractivity contribution in [2.24, 2.45) is 0 Å². The second-order valence-corrected chi connectivity index (χ2v) is 9.59. The second kappa shape index (κ2) is 10.1. The number of halogens is 2. The summed E-state index contributed by atoms with van der Waals surface area (Å²) in [6.45, 7) is 1.90. The van der Waals surface area contributed by atoms with Crippen molar-refractivity contribution < 1.29 is 17.6 Å². The molecule has 0 aliphatic heterocycles. The molecule has 28 heavy (non-hydrogen) atoms. The molecule has 0 unspecified atom stereocenters. The van der Waals surface area contributed by atoms with Crippen LogP contribution in [-0.2, 0) is 20.6 Å². The predicted octanol–water partition coefficient (Wildman–Crippen LogP) is 3.68. The molecule has 1 atom stereocenters. The molecule has 0 radical (unpaired) electrons. The van der Waals surface area contributed by atoms with Crippen molar-refractivity contribution in [2.75, 3.05) is 22.9 Å². The van der Waals surface area contributed by atoms with Crippen molar-refractivity contribution in [1.82, 2.24) is 5.32 Å². The minimum atomic E-state index is -3.72. The minimum absolute atomic E-state index is 0.238. The van der Waals surface area contributed by atoms with E-state index in [2.05, 4.69) is 5.32 Å². The molecular formula is C19H22ClFN2O3S2. The van der Waals surface area contributed by atoms with Gasteiger partial charge in [0.25, 0.3) is 0 Å². The van der Waals surface area contributed by atoms with Gasteiger partial charge in [-0.3, -0.25) is 9.10 Å². The van der Waals surface area contributed by atoms with E-state index < -0.39 is 27.8 Å². The zero-order valence-corrected chi connectivity index (χ0v) is 18.0. The third-order valence-electron chi connectivity index (χ3n) is 3.87. The van der Waals surface area contributed by atoms with Gasteiger partial charge in [-0.2, -0.15) is 11.8 Å². The number of thioether (sulfide) groups is 1. The Labute approximate surface area is 174 Å². The first-order valence-electron chi connectivity index (χ1n) is 8.53. The van der Waals surface area contributed by atoms with Crippen LogP contribution in [0.2, 0.25) is 5.02 Å². The Morgan fingerprint density at radius 1 is 1.25 bits per heavy atom. The number of amides is 1. The fraction of sp³-hybridized carbons (Fsp3) is 0.316. The summed E-state index contributed by atoms with van der Waals surface area (Å²) in [4.78, 5) is 12.4. The molecule has 0 bridgehead atoms. The third-order valence-corrected chi connectivity index (χ3v) is 6.38. The van der Waals surface area contributed by atoms with Crippen molar-refractivity contribution in [3.63, 3.8) is 0 Å². The number of rotatable bonds is 9. The molecule has 0 spiro atoms. The summed E-state index contributed by atoms with van der Waals surface area (Å²) in [5.74, 6) is 0.529. The van der Waals surface area contributed by atoms with Crippen LogP contribution in [0.25, 0.3) is 0 Å². The Balaban J connectivity index is 1.89. The van der Waals surface area contributed by atoms with Gasteiger partial charge in [0.15, 0.2) is 0 Å². The van der Waals surface area contributed by atoms with E-state index in [1.807, 2.05) is 24.3 Å². The number of sulfonamides is 1. The highest BCUT2D eigenvalue weighted by molar-refractivity contribution is 7.98. The number of carbonyl (C=O) groups excluding carboxylic acids is 1. The van der Waals surface area contributed by atoms with Crippen LogP contribution in [0.15, 0.2) is 48.5 Å². The Morgan fingerprint density at radius 3 is 2.54 bits per heavy atom. The highest BCUT2D eigenvalue weighted by Crippen LogP contribution is 2.21. The summed E-state index contributed by atoms with van der Waals surface area (Å²) >= 11 is 7.58. The van der Waals surface area contributed by atoms with E-state index in [0.29, 0.717) is 17.3 Å². The number of benzene rings is 2. The quantitative estimate of drug-likeness (QED) is 0.599. The number of nitrogens with one attached hydrogen (secondary N) is 1. The molecule has 1 N–H and O–H groups in total. The first-order valence-corrected chi connectivity index (χ1v) is 11.9. The van der Waals surface area contributed by atoms with Crippen LogP contribution in [0.1, 0.15) is 12.5 Å². The number of hydrogen-bond donors (Lipinski definition) is 1. The maximum Gasteiger partial charge on any atom is 0.243 e. The van der Waals surface area contributed by atoms with E-state index in [0.717, 1.165) is 34.0 Å². The maximum absolute atomic E-state index is 13.1. The summed E-state index contributed by atoms with van der Waals surface area (Å²) in [6, 6.07) is 11.6. The number of carbonyl (C=O) groups is 1. The molecule has 2 rings (SSSR count). The van der Waals surface area contributed by atoms with Crippen molar-refractivity contribution >= 4 is 45.0 Å². The standard InChI is InChI=1S/C19H22ClFN2O3S2/c1-14(23(28(2,25)26)18-8-6-17(21)7-9-18)19(24)22-10-11-27-13-15-4-3-5-16(20)12-15/h3-9,12,14H,10-11,13H2,1-2H3,(H,22,24)/t14-/m0/s1. The van der Waals surface area contributed by atoms with Crippen LogP contribution in [0, 0.1) is 5.82 Å². The van der Waals surface area contributed by atoms with E-state index in [1.54, 1.807) is 11.8 Å². The van der Waals surface area contributed by atoms with Crippen molar-refractivity contribution in [1.29, 1.82) is 0 Å². The first-order chi connectivity index (χ1) is 13.2. The van der Waals surface area contributed by atoms with Crippen molar-refractivity contribution in [3.8, 4) is 0 Å². The summed E-state index contributed by atoms with van der Waals surface area (Å²) in [7, 11) is -3.72. The Bertz CT molecular complexity index is 908. The number of nitrogens with zero attached hydrogens (tertiary/aromatic N) is 1. The Hall–Kier alpha value is -1.77. The van der Waals surface area contributed by atoms with Gasteiger partial charge in [-0.25, -0.2) is 12.8 Å². The molecule has 5 nitrogen and oxygen atoms in total. The molecule has 0 aliphatic rings. The average Bonchev–Trinajstić information content (AvgIpc) is 2.62. The molecule has 0 saturated carbocycles. The van der Waals surface area contributed by atoms with Crippen LogP contribution in [0.4, 0.5) is 10.1 Å². The van der Waals surface area contributed by atoms with Gasteiger partial charge >= 0.3 is 0 Å². The van der Waals surface area contributed by atoms with E-state index in [9.17, 15) is 17.6 Å². The highest BCUT2D eigenvalue weighted by atomic mass is 35.5. The molecule has 0 saturated heterocycles. The average molecular weight is 445 g/mol. The van der Waals surface area contributed by atoms with E-state index >= 15 is 0 Å². The summed E-state index contributed by atoms with van der Waals surface area (Å²) < 4.78 is 38.4. The Morgan fingerprint density at radius 2 is 1.93 bits per heavy atom. The fourth-order valence-electron chi connectivity index (χ4n) is 2.61. The van der Waals surface area contributed by atoms with Gasteiger partial charge in [-0.05, 0) is 48.9 Å². The molecule has 0 aliphatic carbocycles. The van der Waals surface area contributed by atoms with Gasteiger partial charge in [0.05, 0.1) is 11.9 Å². The Kier molecular flexibility index (Phi) is 8.15. The zero-order chi connectivity index (χ0) is 20.7. The molecule has 0 fully saturated rings. The van der Waals surface area contributed by atoms with E-state index in [4.69, 9.17) is 11.6 Å². The van der Waals surface area contributed by atoms with Crippen LogP contribution in [0.3, 0.4) is 0 Å². The van der Waals surface area contributed by atoms with Gasteiger partial charge in [-0.15, -0.1) is 0 Å². The molecule has 1 amide bonds. The lowest BCUT2D eigenvalue weighted by molar-refractivity contribution is -0.121. The molecule has 2 aromatic carbocycles. The van der Waals surface area contributed by atoms with Gasteiger partial charge in [0, 0.05) is 23.1 Å². The van der Waals surface area contributed by atoms with Crippen LogP contribution in [-0.4, -0.2) is 38.9 Å². The monoisotopic (exact) mass is 444 g/mol. The molecule has 0 heterocycles. The van der Waals surface area contributed by atoms with Crippen molar-refractivity contribution in [3.05, 3.63) is 64.9 Å². The van der Waals surface area contributed by atoms with Crippen LogP contribution >= 0.6 is 23.4 Å². The number of anilines is 1. The lowest BCUT2D eigenvalue weighted by atomic mass is 10.2. The van der Waals surface area contributed by atoms with Gasteiger partial charge < -0.3 is 5.32 Å². The van der Waals surface area contributed by atoms with Crippen LogP contribution < -0.4 is 9.62 Å². The SMILES string of the molecule is C[C@@H](C(=O)NCCSCc1cccc(Cl)c1)N(c1ccc(F)cc1)S(C)(=O)=O. The first kappa shape index (κ1) is 22.5. The lowest BCUT2D eigenvalue weighted by Gasteiger charge is -2.28. The minimum Gasteiger partial charge on any atom is -0.353 e. The molecule has 0 aromatic heterocycles. The van der Waals surface area contributed by atoms with Gasteiger partial charge in [-0.1, -0.05) is 23.7 Å². The smallest absolute Gasteiger partial charge is 0.243 e. The van der Waals surface area contributed by atoms with E-state index in [1.165, 1.54) is 19.1 Å². The van der Waals surface area contributed by atoms with Crippen molar-refractivity contribution in [2.45, 2.75) is 18.7 Å². The fourth-order valence-corrected chi connectivity index (χ4v) is 4.80. The van der Waals surface area contributed by atoms with Gasteiger partial charge in [0.2, 0.25) is 15.9 Å². The third kappa shape index (κ3) is 6.68. The predicted molar refractivity (Wildman–Crippen MR) is 114 cm³/mol. The second-order valence-electron chi connectivity index (χ2n) is 6.18. The molecule has 152 valence electrons. The topological polar surface area (TPSA) is 66.5 Å². The summed E-state index contributed by atoms with van der Waals surface area (Å²) in [5.41, 5.74) is 1.33. The lowest BCUT2D eigenvalue weighted by Crippen LogP contribution is -2.48. The van der Waals surface area contributed by atoms with Crippen LogP contribution in [0.5, 0.6) is 0 Å².